The summed E-state index contributed by atoms with van der Waals surface area (Å²) in [7, 11) is 3.49. The highest BCUT2D eigenvalue weighted by molar-refractivity contribution is 8.00. The highest BCUT2D eigenvalue weighted by Gasteiger charge is 2.34. The van der Waals surface area contributed by atoms with E-state index in [-0.39, 0.29) is 23.3 Å². The second kappa shape index (κ2) is 7.60. The number of rotatable bonds is 4. The predicted molar refractivity (Wildman–Crippen MR) is 99.3 cm³/mol. The first kappa shape index (κ1) is 18.8. The van der Waals surface area contributed by atoms with Gasteiger partial charge in [0.2, 0.25) is 11.8 Å². The lowest BCUT2D eigenvalue weighted by molar-refractivity contribution is -0.140. The fourth-order valence-electron chi connectivity index (χ4n) is 2.90. The van der Waals surface area contributed by atoms with E-state index in [4.69, 9.17) is 0 Å². The first-order valence-corrected chi connectivity index (χ1v) is 9.42. The van der Waals surface area contributed by atoms with E-state index in [1.165, 1.54) is 5.56 Å². The molecule has 1 aromatic carbocycles. The Hall–Kier alpha value is -1.49. The topological polar surface area (TPSA) is 40.6 Å². The van der Waals surface area contributed by atoms with Gasteiger partial charge in [-0.2, -0.15) is 0 Å². The third-order valence-electron chi connectivity index (χ3n) is 4.38. The zero-order valence-electron chi connectivity index (χ0n) is 15.3. The zero-order valence-corrected chi connectivity index (χ0v) is 16.2. The van der Waals surface area contributed by atoms with Crippen molar-refractivity contribution in [1.82, 2.24) is 9.80 Å². The van der Waals surface area contributed by atoms with Gasteiger partial charge >= 0.3 is 0 Å². The van der Waals surface area contributed by atoms with Gasteiger partial charge in [-0.25, -0.2) is 0 Å². The number of carbonyl (C=O) groups is 2. The van der Waals surface area contributed by atoms with Crippen LogP contribution in [0.25, 0.3) is 0 Å². The third kappa shape index (κ3) is 4.53. The Morgan fingerprint density at radius 2 is 1.83 bits per heavy atom. The van der Waals surface area contributed by atoms with Gasteiger partial charge in [-0.15, -0.1) is 11.8 Å². The molecule has 1 aliphatic heterocycles. The molecule has 2 rings (SSSR count). The molecular weight excluding hydrogens is 320 g/mol. The molecule has 24 heavy (non-hydrogen) atoms. The van der Waals surface area contributed by atoms with Crippen LogP contribution in [0, 0.1) is 0 Å². The summed E-state index contributed by atoms with van der Waals surface area (Å²) < 4.78 is 0. The van der Waals surface area contributed by atoms with Crippen LogP contribution in [0.1, 0.15) is 39.2 Å². The van der Waals surface area contributed by atoms with Crippen molar-refractivity contribution in [3.63, 3.8) is 0 Å². The quantitative estimate of drug-likeness (QED) is 0.785. The second-order valence-corrected chi connectivity index (χ2v) is 8.59. The van der Waals surface area contributed by atoms with E-state index < -0.39 is 0 Å². The molecule has 0 N–H and O–H groups in total. The van der Waals surface area contributed by atoms with Gasteiger partial charge in [-0.05, 0) is 36.0 Å². The van der Waals surface area contributed by atoms with Gasteiger partial charge in [0.05, 0.1) is 5.75 Å². The Morgan fingerprint density at radius 3 is 2.38 bits per heavy atom. The molecule has 1 heterocycles. The monoisotopic (exact) mass is 348 g/mol. The molecule has 0 bridgehead atoms. The van der Waals surface area contributed by atoms with E-state index in [2.05, 4.69) is 45.0 Å². The summed E-state index contributed by atoms with van der Waals surface area (Å²) in [6, 6.07) is 8.12. The van der Waals surface area contributed by atoms with Crippen molar-refractivity contribution in [2.75, 3.05) is 26.4 Å². The molecule has 4 nitrogen and oxygen atoms in total. The maximum Gasteiger partial charge on any atom is 0.244 e. The summed E-state index contributed by atoms with van der Waals surface area (Å²) in [6.45, 7) is 7.25. The van der Waals surface area contributed by atoms with Crippen LogP contribution in [-0.2, 0) is 15.0 Å². The summed E-state index contributed by atoms with van der Waals surface area (Å²) in [5.74, 6) is 0.462. The molecule has 2 amide bonds. The highest BCUT2D eigenvalue weighted by Crippen LogP contribution is 2.27. The van der Waals surface area contributed by atoms with Crippen LogP contribution in [0.2, 0.25) is 0 Å². The number of likely N-dealkylation sites (N-methyl/N-ethyl adjacent to an activating group) is 1. The number of hydrogen-bond donors (Lipinski definition) is 0. The van der Waals surface area contributed by atoms with E-state index in [9.17, 15) is 9.59 Å². The zero-order chi connectivity index (χ0) is 17.9. The molecule has 1 saturated heterocycles. The molecule has 132 valence electrons. The lowest BCUT2D eigenvalue weighted by Crippen LogP contribution is -2.46. The van der Waals surface area contributed by atoms with Crippen molar-refractivity contribution in [2.24, 2.45) is 0 Å². The molecule has 0 spiro atoms. The first-order valence-electron chi connectivity index (χ1n) is 8.44. The second-order valence-electron chi connectivity index (χ2n) is 7.54. The minimum absolute atomic E-state index is 0.0281. The Bertz CT molecular complexity index is 590. The summed E-state index contributed by atoms with van der Waals surface area (Å²) in [4.78, 5) is 29.1. The molecule has 5 heteroatoms. The molecule has 0 aliphatic carbocycles. The van der Waals surface area contributed by atoms with Crippen molar-refractivity contribution in [3.8, 4) is 0 Å². The van der Waals surface area contributed by atoms with E-state index in [0.29, 0.717) is 12.3 Å². The average Bonchev–Trinajstić information content (AvgIpc) is 3.00. The van der Waals surface area contributed by atoms with Gasteiger partial charge in [0.15, 0.2) is 0 Å². The summed E-state index contributed by atoms with van der Waals surface area (Å²) in [5, 5.41) is 0. The van der Waals surface area contributed by atoms with Gasteiger partial charge in [-0.3, -0.25) is 9.59 Å². The maximum absolute atomic E-state index is 12.5. The average molecular weight is 349 g/mol. The van der Waals surface area contributed by atoms with Crippen molar-refractivity contribution < 1.29 is 9.59 Å². The van der Waals surface area contributed by atoms with Crippen molar-refractivity contribution in [2.45, 2.75) is 50.0 Å². The molecule has 0 aromatic heterocycles. The smallest absolute Gasteiger partial charge is 0.244 e. The summed E-state index contributed by atoms with van der Waals surface area (Å²) >= 11 is 1.54. The highest BCUT2D eigenvalue weighted by atomic mass is 32.2. The Morgan fingerprint density at radius 1 is 1.21 bits per heavy atom. The summed E-state index contributed by atoms with van der Waals surface area (Å²) in [6.07, 6.45) is 1.68. The first-order chi connectivity index (χ1) is 11.2. The van der Waals surface area contributed by atoms with Crippen molar-refractivity contribution in [3.05, 3.63) is 29.8 Å². The molecule has 1 unspecified atom stereocenters. The number of hydrogen-bond acceptors (Lipinski definition) is 3. The fourth-order valence-corrected chi connectivity index (χ4v) is 3.68. The number of nitrogens with zero attached hydrogens (tertiary/aromatic N) is 2. The SMILES string of the molecule is CN(C)C(=O)C1CCCN1C(=O)CSc1ccc(C(C)(C)C)cc1. The molecule has 1 aromatic rings. The van der Waals surface area contributed by atoms with E-state index >= 15 is 0 Å². The largest absolute Gasteiger partial charge is 0.347 e. The number of amides is 2. The lowest BCUT2D eigenvalue weighted by Gasteiger charge is -2.26. The minimum atomic E-state index is -0.281. The van der Waals surface area contributed by atoms with Crippen molar-refractivity contribution >= 4 is 23.6 Å². The summed E-state index contributed by atoms with van der Waals surface area (Å²) in [5.41, 5.74) is 1.42. The van der Waals surface area contributed by atoms with E-state index in [1.807, 2.05) is 0 Å². The fraction of sp³-hybridized carbons (Fsp3) is 0.579. The molecule has 0 saturated carbocycles. The predicted octanol–water partition coefficient (Wildman–Crippen LogP) is 3.16. The van der Waals surface area contributed by atoms with E-state index in [0.717, 1.165) is 17.7 Å². The third-order valence-corrected chi connectivity index (χ3v) is 5.38. The Labute approximate surface area is 149 Å². The Kier molecular flexibility index (Phi) is 5.97. The van der Waals surface area contributed by atoms with Gasteiger partial charge in [0, 0.05) is 25.5 Å². The number of carbonyl (C=O) groups excluding carboxylic acids is 2. The lowest BCUT2D eigenvalue weighted by atomic mass is 9.87. The normalized spacial score (nSPS) is 17.9. The van der Waals surface area contributed by atoms with Crippen LogP contribution in [0.15, 0.2) is 29.2 Å². The molecule has 0 radical (unpaired) electrons. The standard InChI is InChI=1S/C19H28N2O2S/c1-19(2,3)14-8-10-15(11-9-14)24-13-17(22)21-12-6-7-16(21)18(23)20(4)5/h8-11,16H,6-7,12-13H2,1-5H3. The van der Waals surface area contributed by atoms with Crippen molar-refractivity contribution in [1.29, 1.82) is 0 Å². The van der Waals surface area contributed by atoms with Crippen LogP contribution < -0.4 is 0 Å². The molecule has 1 atom stereocenters. The number of thioether (sulfide) groups is 1. The van der Waals surface area contributed by atoms with Gasteiger partial charge in [-0.1, -0.05) is 32.9 Å². The van der Waals surface area contributed by atoms with Crippen LogP contribution in [0.4, 0.5) is 0 Å². The van der Waals surface area contributed by atoms with E-state index in [1.54, 1.807) is 35.7 Å². The maximum atomic E-state index is 12.5. The van der Waals surface area contributed by atoms with Crippen LogP contribution in [0.5, 0.6) is 0 Å². The molecular formula is C19H28N2O2S. The number of benzene rings is 1. The Balaban J connectivity index is 1.94. The molecule has 1 aliphatic rings. The minimum Gasteiger partial charge on any atom is -0.347 e. The van der Waals surface area contributed by atoms with Crippen LogP contribution in [-0.4, -0.2) is 54.0 Å². The van der Waals surface area contributed by atoms with Gasteiger partial charge in [0.25, 0.3) is 0 Å². The van der Waals surface area contributed by atoms with Crippen LogP contribution in [0.3, 0.4) is 0 Å². The van der Waals surface area contributed by atoms with Gasteiger partial charge < -0.3 is 9.80 Å². The molecule has 1 fully saturated rings. The van der Waals surface area contributed by atoms with Gasteiger partial charge in [0.1, 0.15) is 6.04 Å². The van der Waals surface area contributed by atoms with Crippen LogP contribution >= 0.6 is 11.8 Å². The number of likely N-dealkylation sites (tertiary alicyclic amines) is 1.